The van der Waals surface area contributed by atoms with Crippen molar-refractivity contribution in [3.63, 3.8) is 0 Å². The number of hydrogen-bond donors (Lipinski definition) is 0. The lowest BCUT2D eigenvalue weighted by atomic mass is 9.78. The predicted molar refractivity (Wildman–Crippen MR) is 81.6 cm³/mol. The molecule has 0 radical (unpaired) electrons. The van der Waals surface area contributed by atoms with E-state index in [1.54, 1.807) is 0 Å². The van der Waals surface area contributed by atoms with Gasteiger partial charge in [0.1, 0.15) is 0 Å². The molecule has 2 nitrogen and oxygen atoms in total. The van der Waals surface area contributed by atoms with Gasteiger partial charge in [-0.1, -0.05) is 54.6 Å². The zero-order chi connectivity index (χ0) is 14.7. The molecule has 0 N–H and O–H groups in total. The molecule has 2 aromatic rings. The Balaban J connectivity index is 1.69. The third-order valence-corrected chi connectivity index (χ3v) is 4.55. The normalized spacial score (nSPS) is 21.9. The first-order valence-electron chi connectivity index (χ1n) is 7.60. The summed E-state index contributed by atoms with van der Waals surface area (Å²) in [7, 11) is 0. The molecule has 3 rings (SSSR count). The van der Waals surface area contributed by atoms with Gasteiger partial charge in [0.05, 0.1) is 0 Å². The van der Waals surface area contributed by atoms with E-state index in [9.17, 15) is 9.90 Å². The first-order chi connectivity index (χ1) is 10.2. The van der Waals surface area contributed by atoms with Crippen LogP contribution in [0.25, 0.3) is 11.1 Å². The van der Waals surface area contributed by atoms with Crippen LogP contribution in [-0.2, 0) is 4.79 Å². The number of benzene rings is 2. The Hall–Kier alpha value is -2.09. The molecule has 0 heterocycles. The fraction of sp³-hybridized carbons (Fsp3) is 0.316. The highest BCUT2D eigenvalue weighted by Gasteiger charge is 2.22. The monoisotopic (exact) mass is 279 g/mol. The Morgan fingerprint density at radius 3 is 1.95 bits per heavy atom. The van der Waals surface area contributed by atoms with Crippen molar-refractivity contribution in [1.82, 2.24) is 0 Å². The van der Waals surface area contributed by atoms with Crippen LogP contribution in [0.3, 0.4) is 0 Å². The van der Waals surface area contributed by atoms with Gasteiger partial charge in [0, 0.05) is 5.97 Å². The maximum absolute atomic E-state index is 10.9. The molecule has 0 aliphatic heterocycles. The van der Waals surface area contributed by atoms with Crippen molar-refractivity contribution in [3.05, 3.63) is 60.2 Å². The van der Waals surface area contributed by atoms with Gasteiger partial charge in [0.15, 0.2) is 0 Å². The van der Waals surface area contributed by atoms with E-state index >= 15 is 0 Å². The standard InChI is InChI=1S/C19H20O2/c20-19(21)18-12-10-17(11-13-18)16-8-6-15(7-9-16)14-4-2-1-3-5-14/h1-9,17-18H,10-13H2,(H,20,21)/p-1. The van der Waals surface area contributed by atoms with Crippen molar-refractivity contribution >= 4 is 5.97 Å². The number of rotatable bonds is 3. The van der Waals surface area contributed by atoms with Crippen LogP contribution in [-0.4, -0.2) is 5.97 Å². The molecule has 0 aromatic heterocycles. The van der Waals surface area contributed by atoms with Crippen LogP contribution < -0.4 is 5.11 Å². The number of carboxylic acids is 1. The lowest BCUT2D eigenvalue weighted by molar-refractivity contribution is -0.312. The highest BCUT2D eigenvalue weighted by atomic mass is 16.4. The molecular weight excluding hydrogens is 260 g/mol. The van der Waals surface area contributed by atoms with E-state index in [1.807, 2.05) is 18.2 Å². The van der Waals surface area contributed by atoms with E-state index in [1.165, 1.54) is 16.7 Å². The van der Waals surface area contributed by atoms with Crippen LogP contribution in [0.1, 0.15) is 37.2 Å². The summed E-state index contributed by atoms with van der Waals surface area (Å²) in [6, 6.07) is 19.0. The summed E-state index contributed by atoms with van der Waals surface area (Å²) in [5.41, 5.74) is 3.78. The molecule has 0 amide bonds. The highest BCUT2D eigenvalue weighted by molar-refractivity contribution is 5.67. The molecule has 0 bridgehead atoms. The average Bonchev–Trinajstić information content (AvgIpc) is 2.56. The van der Waals surface area contributed by atoms with Crippen molar-refractivity contribution in [3.8, 4) is 11.1 Å². The van der Waals surface area contributed by atoms with Gasteiger partial charge in [-0.25, -0.2) is 0 Å². The Labute approximate surface area is 125 Å². The molecule has 0 unspecified atom stereocenters. The SMILES string of the molecule is O=C([O-])C1CCC(c2ccc(-c3ccccc3)cc2)CC1. The molecular formula is C19H19O2-. The second-order valence-electron chi connectivity index (χ2n) is 5.86. The lowest BCUT2D eigenvalue weighted by Crippen LogP contribution is -2.33. The number of carbonyl (C=O) groups is 1. The van der Waals surface area contributed by atoms with Gasteiger partial charge in [0.2, 0.25) is 0 Å². The number of aliphatic carboxylic acids is 1. The smallest absolute Gasteiger partial charge is 0.0445 e. The van der Waals surface area contributed by atoms with Gasteiger partial charge in [-0.05, 0) is 54.2 Å². The molecule has 21 heavy (non-hydrogen) atoms. The largest absolute Gasteiger partial charge is 0.550 e. The van der Waals surface area contributed by atoms with Gasteiger partial charge < -0.3 is 9.90 Å². The van der Waals surface area contributed by atoms with Crippen LogP contribution in [0.4, 0.5) is 0 Å². The zero-order valence-electron chi connectivity index (χ0n) is 12.0. The predicted octanol–water partition coefficient (Wildman–Crippen LogP) is 3.38. The quantitative estimate of drug-likeness (QED) is 0.864. The van der Waals surface area contributed by atoms with Crippen LogP contribution in [0, 0.1) is 5.92 Å². The minimum absolute atomic E-state index is 0.246. The average molecular weight is 279 g/mol. The summed E-state index contributed by atoms with van der Waals surface area (Å²) in [4.78, 5) is 10.9. The van der Waals surface area contributed by atoms with Crippen LogP contribution in [0.5, 0.6) is 0 Å². The fourth-order valence-electron chi connectivity index (χ4n) is 3.24. The summed E-state index contributed by atoms with van der Waals surface area (Å²) >= 11 is 0. The summed E-state index contributed by atoms with van der Waals surface area (Å²) in [6.07, 6.45) is 3.38. The molecule has 1 aliphatic rings. The molecule has 0 atom stereocenters. The van der Waals surface area contributed by atoms with Crippen LogP contribution >= 0.6 is 0 Å². The molecule has 0 saturated heterocycles. The van der Waals surface area contributed by atoms with E-state index in [0.717, 1.165) is 25.7 Å². The van der Waals surface area contributed by atoms with E-state index < -0.39 is 5.97 Å². The van der Waals surface area contributed by atoms with Crippen molar-refractivity contribution in [2.75, 3.05) is 0 Å². The maximum Gasteiger partial charge on any atom is 0.0445 e. The van der Waals surface area contributed by atoms with Gasteiger partial charge in [-0.2, -0.15) is 0 Å². The van der Waals surface area contributed by atoms with Crippen LogP contribution in [0.15, 0.2) is 54.6 Å². The van der Waals surface area contributed by atoms with E-state index in [-0.39, 0.29) is 5.92 Å². The summed E-state index contributed by atoms with van der Waals surface area (Å²) in [6.45, 7) is 0. The molecule has 2 heteroatoms. The number of carbonyl (C=O) groups excluding carboxylic acids is 1. The molecule has 1 saturated carbocycles. The molecule has 1 fully saturated rings. The third kappa shape index (κ3) is 3.15. The van der Waals surface area contributed by atoms with Crippen molar-refractivity contribution < 1.29 is 9.90 Å². The Morgan fingerprint density at radius 2 is 1.38 bits per heavy atom. The minimum Gasteiger partial charge on any atom is -0.550 e. The molecule has 0 spiro atoms. The molecule has 2 aromatic carbocycles. The fourth-order valence-corrected chi connectivity index (χ4v) is 3.24. The van der Waals surface area contributed by atoms with E-state index in [2.05, 4.69) is 36.4 Å². The van der Waals surface area contributed by atoms with Gasteiger partial charge in [0.25, 0.3) is 0 Å². The summed E-state index contributed by atoms with van der Waals surface area (Å²) in [5.74, 6) is -0.636. The van der Waals surface area contributed by atoms with E-state index in [4.69, 9.17) is 0 Å². The van der Waals surface area contributed by atoms with Crippen molar-refractivity contribution in [1.29, 1.82) is 0 Å². The zero-order valence-corrected chi connectivity index (χ0v) is 12.0. The maximum atomic E-state index is 10.9. The Kier molecular flexibility index (Phi) is 4.05. The second kappa shape index (κ2) is 6.13. The van der Waals surface area contributed by atoms with E-state index in [0.29, 0.717) is 5.92 Å². The van der Waals surface area contributed by atoms with Crippen molar-refractivity contribution in [2.24, 2.45) is 5.92 Å². The van der Waals surface area contributed by atoms with Gasteiger partial charge in [-0.3, -0.25) is 0 Å². The summed E-state index contributed by atoms with van der Waals surface area (Å²) in [5, 5.41) is 10.9. The highest BCUT2D eigenvalue weighted by Crippen LogP contribution is 2.36. The van der Waals surface area contributed by atoms with Gasteiger partial charge >= 0.3 is 0 Å². The lowest BCUT2D eigenvalue weighted by Gasteiger charge is -2.29. The summed E-state index contributed by atoms with van der Waals surface area (Å²) < 4.78 is 0. The Bertz CT molecular complexity index is 593. The molecule has 1 aliphatic carbocycles. The van der Waals surface area contributed by atoms with Gasteiger partial charge in [-0.15, -0.1) is 0 Å². The van der Waals surface area contributed by atoms with Crippen LogP contribution in [0.2, 0.25) is 0 Å². The Morgan fingerprint density at radius 1 is 0.810 bits per heavy atom. The topological polar surface area (TPSA) is 40.1 Å². The number of carboxylic acid groups (broad SMARTS) is 1. The van der Waals surface area contributed by atoms with Crippen molar-refractivity contribution in [2.45, 2.75) is 31.6 Å². The molecule has 108 valence electrons. The minimum atomic E-state index is -0.882. The second-order valence-corrected chi connectivity index (χ2v) is 5.86. The number of hydrogen-bond acceptors (Lipinski definition) is 2. The first-order valence-corrected chi connectivity index (χ1v) is 7.60. The first kappa shape index (κ1) is 13.9. The third-order valence-electron chi connectivity index (χ3n) is 4.55.